The first-order valence-corrected chi connectivity index (χ1v) is 8.75. The van der Waals surface area contributed by atoms with Crippen LogP contribution < -0.4 is 10.0 Å². The zero-order valence-corrected chi connectivity index (χ0v) is 13.7. The van der Waals surface area contributed by atoms with Crippen LogP contribution in [-0.4, -0.2) is 24.2 Å². The Kier molecular flexibility index (Phi) is 3.80. The molecule has 0 atom stereocenters. The SMILES string of the molecule is Cn1cc(NS(=O)(=O)c2cc(CNC3CC3)oc2Br)cn1. The second-order valence-electron chi connectivity index (χ2n) is 5.01. The lowest BCUT2D eigenvalue weighted by molar-refractivity contribution is 0.460. The lowest BCUT2D eigenvalue weighted by Crippen LogP contribution is -2.15. The summed E-state index contributed by atoms with van der Waals surface area (Å²) in [6, 6.07) is 2.06. The van der Waals surface area contributed by atoms with Gasteiger partial charge in [-0.3, -0.25) is 9.40 Å². The topological polar surface area (TPSA) is 89.2 Å². The Balaban J connectivity index is 1.77. The molecule has 114 valence electrons. The fourth-order valence-corrected chi connectivity index (χ4v) is 3.91. The Labute approximate surface area is 130 Å². The molecule has 0 aliphatic heterocycles. The molecule has 0 saturated heterocycles. The summed E-state index contributed by atoms with van der Waals surface area (Å²) in [5.41, 5.74) is 0.406. The van der Waals surface area contributed by atoms with E-state index < -0.39 is 10.0 Å². The zero-order valence-electron chi connectivity index (χ0n) is 11.3. The van der Waals surface area contributed by atoms with Crippen molar-refractivity contribution in [1.82, 2.24) is 15.1 Å². The van der Waals surface area contributed by atoms with E-state index in [9.17, 15) is 8.42 Å². The van der Waals surface area contributed by atoms with Crippen molar-refractivity contribution in [2.24, 2.45) is 7.05 Å². The third kappa shape index (κ3) is 3.47. The molecule has 1 fully saturated rings. The normalized spacial score (nSPS) is 15.3. The van der Waals surface area contributed by atoms with Gasteiger partial charge in [-0.2, -0.15) is 5.10 Å². The maximum atomic E-state index is 12.3. The van der Waals surface area contributed by atoms with Crippen molar-refractivity contribution in [2.45, 2.75) is 30.3 Å². The molecule has 21 heavy (non-hydrogen) atoms. The summed E-state index contributed by atoms with van der Waals surface area (Å²) < 4.78 is 34.3. The van der Waals surface area contributed by atoms with Crippen LogP contribution in [0.4, 0.5) is 5.69 Å². The number of aryl methyl sites for hydroxylation is 1. The molecule has 0 radical (unpaired) electrons. The summed E-state index contributed by atoms with van der Waals surface area (Å²) in [4.78, 5) is 0.0824. The van der Waals surface area contributed by atoms with E-state index in [1.54, 1.807) is 13.2 Å². The largest absolute Gasteiger partial charge is 0.451 e. The minimum atomic E-state index is -3.70. The average molecular weight is 375 g/mol. The summed E-state index contributed by atoms with van der Waals surface area (Å²) in [7, 11) is -1.99. The third-order valence-electron chi connectivity index (χ3n) is 3.10. The van der Waals surface area contributed by atoms with E-state index in [0.717, 1.165) is 12.8 Å². The number of aromatic nitrogens is 2. The number of rotatable bonds is 6. The van der Waals surface area contributed by atoms with Crippen molar-refractivity contribution < 1.29 is 12.8 Å². The van der Waals surface area contributed by atoms with E-state index >= 15 is 0 Å². The first-order valence-electron chi connectivity index (χ1n) is 6.47. The second kappa shape index (κ2) is 5.47. The van der Waals surface area contributed by atoms with Gasteiger partial charge in [-0.25, -0.2) is 8.42 Å². The van der Waals surface area contributed by atoms with Crippen LogP contribution in [0.25, 0.3) is 0 Å². The molecule has 2 N–H and O–H groups in total. The van der Waals surface area contributed by atoms with Gasteiger partial charge in [-0.05, 0) is 28.8 Å². The summed E-state index contributed by atoms with van der Waals surface area (Å²) >= 11 is 3.16. The van der Waals surface area contributed by atoms with E-state index in [1.165, 1.54) is 16.9 Å². The van der Waals surface area contributed by atoms with Gasteiger partial charge in [0.05, 0.1) is 18.4 Å². The van der Waals surface area contributed by atoms with Gasteiger partial charge < -0.3 is 9.73 Å². The van der Waals surface area contributed by atoms with Crippen molar-refractivity contribution in [3.63, 3.8) is 0 Å². The number of hydrogen-bond donors (Lipinski definition) is 2. The summed E-state index contributed by atoms with van der Waals surface area (Å²) in [5, 5.41) is 7.20. The number of nitrogens with one attached hydrogen (secondary N) is 2. The van der Waals surface area contributed by atoms with Gasteiger partial charge in [0.25, 0.3) is 10.0 Å². The lowest BCUT2D eigenvalue weighted by Gasteiger charge is -2.03. The summed E-state index contributed by atoms with van der Waals surface area (Å²) in [6.07, 6.45) is 5.35. The molecule has 1 aliphatic carbocycles. The van der Waals surface area contributed by atoms with E-state index in [-0.39, 0.29) is 9.56 Å². The van der Waals surface area contributed by atoms with Gasteiger partial charge in [-0.1, -0.05) is 0 Å². The molecule has 1 aliphatic rings. The summed E-state index contributed by atoms with van der Waals surface area (Å²) in [5.74, 6) is 0.584. The fraction of sp³-hybridized carbons (Fsp3) is 0.417. The third-order valence-corrected chi connectivity index (χ3v) is 5.33. The minimum Gasteiger partial charge on any atom is -0.451 e. The Bertz CT molecular complexity index is 748. The van der Waals surface area contributed by atoms with Crippen LogP contribution in [0.1, 0.15) is 18.6 Å². The van der Waals surface area contributed by atoms with Crippen molar-refractivity contribution in [3.8, 4) is 0 Å². The Morgan fingerprint density at radius 2 is 2.29 bits per heavy atom. The van der Waals surface area contributed by atoms with Crippen LogP contribution in [0.5, 0.6) is 0 Å². The predicted molar refractivity (Wildman–Crippen MR) is 80.3 cm³/mol. The molecule has 0 amide bonds. The molecule has 0 aromatic carbocycles. The first-order chi connectivity index (χ1) is 9.94. The predicted octanol–water partition coefficient (Wildman–Crippen LogP) is 1.83. The minimum absolute atomic E-state index is 0.0824. The number of furan rings is 1. The molecule has 1 saturated carbocycles. The number of anilines is 1. The molecule has 9 heteroatoms. The lowest BCUT2D eigenvalue weighted by atomic mass is 10.4. The van der Waals surface area contributed by atoms with Crippen LogP contribution in [0.15, 0.2) is 32.4 Å². The Morgan fingerprint density at radius 1 is 1.52 bits per heavy atom. The standard InChI is InChI=1S/C12H15BrN4O3S/c1-17-7-9(5-15-17)16-21(18,19)11-4-10(20-12(11)13)6-14-8-2-3-8/h4-5,7-8,14,16H,2-3,6H2,1H3. The zero-order chi connectivity index (χ0) is 15.0. The molecule has 0 spiro atoms. The molecule has 2 heterocycles. The number of halogens is 1. The highest BCUT2D eigenvalue weighted by Gasteiger charge is 2.25. The van der Waals surface area contributed by atoms with E-state index in [1.807, 2.05) is 0 Å². The molecule has 2 aromatic rings. The number of hydrogen-bond acceptors (Lipinski definition) is 5. The van der Waals surface area contributed by atoms with Crippen LogP contribution in [0.2, 0.25) is 0 Å². The smallest absolute Gasteiger partial charge is 0.266 e. The molecular formula is C12H15BrN4O3S. The second-order valence-corrected chi connectivity index (χ2v) is 7.39. The highest BCUT2D eigenvalue weighted by atomic mass is 79.9. The highest BCUT2D eigenvalue weighted by Crippen LogP contribution is 2.28. The quantitative estimate of drug-likeness (QED) is 0.804. The summed E-state index contributed by atoms with van der Waals surface area (Å²) in [6.45, 7) is 0.520. The monoisotopic (exact) mass is 374 g/mol. The van der Waals surface area contributed by atoms with Gasteiger partial charge >= 0.3 is 0 Å². The van der Waals surface area contributed by atoms with Crippen molar-refractivity contribution in [1.29, 1.82) is 0 Å². The van der Waals surface area contributed by atoms with Crippen LogP contribution in [-0.2, 0) is 23.6 Å². The molecular weight excluding hydrogens is 360 g/mol. The van der Waals surface area contributed by atoms with Crippen molar-refractivity contribution in [2.75, 3.05) is 4.72 Å². The first kappa shape index (κ1) is 14.6. The van der Waals surface area contributed by atoms with E-state index in [4.69, 9.17) is 4.42 Å². The fourth-order valence-electron chi connectivity index (χ4n) is 1.88. The maximum absolute atomic E-state index is 12.3. The van der Waals surface area contributed by atoms with Crippen LogP contribution in [0, 0.1) is 0 Å². The van der Waals surface area contributed by atoms with Gasteiger partial charge in [0.1, 0.15) is 10.7 Å². The molecule has 0 unspecified atom stereocenters. The highest BCUT2D eigenvalue weighted by molar-refractivity contribution is 9.10. The van der Waals surface area contributed by atoms with Gasteiger partial charge in [-0.15, -0.1) is 0 Å². The van der Waals surface area contributed by atoms with Crippen LogP contribution in [0.3, 0.4) is 0 Å². The Morgan fingerprint density at radius 3 is 2.90 bits per heavy atom. The van der Waals surface area contributed by atoms with Gasteiger partial charge in [0.15, 0.2) is 4.67 Å². The Hall–Kier alpha value is -1.32. The molecule has 7 nitrogen and oxygen atoms in total. The van der Waals surface area contributed by atoms with Gasteiger partial charge in [0, 0.05) is 25.4 Å². The van der Waals surface area contributed by atoms with E-state index in [2.05, 4.69) is 31.1 Å². The molecule has 0 bridgehead atoms. The average Bonchev–Trinajstić information content (AvgIpc) is 3.03. The van der Waals surface area contributed by atoms with Crippen molar-refractivity contribution >= 4 is 31.6 Å². The number of nitrogens with zero attached hydrogens (tertiary/aromatic N) is 2. The molecule has 2 aromatic heterocycles. The van der Waals surface area contributed by atoms with Gasteiger partial charge in [0.2, 0.25) is 0 Å². The van der Waals surface area contributed by atoms with Crippen molar-refractivity contribution in [3.05, 3.63) is 28.9 Å². The van der Waals surface area contributed by atoms with Crippen LogP contribution >= 0.6 is 15.9 Å². The molecule has 3 rings (SSSR count). The maximum Gasteiger partial charge on any atom is 0.266 e. The number of sulfonamides is 1. The van der Waals surface area contributed by atoms with E-state index in [0.29, 0.717) is 24.0 Å².